The highest BCUT2D eigenvalue weighted by Gasteiger charge is 2.22. The largest absolute Gasteiger partial charge is 0.454 e. The number of fused-ring (bicyclic) bond motifs is 1. The first-order chi connectivity index (χ1) is 14.8. The molecule has 0 bridgehead atoms. The molecule has 3 rings (SSSR count). The van der Waals surface area contributed by atoms with Crippen LogP contribution in [-0.4, -0.2) is 45.1 Å². The van der Waals surface area contributed by atoms with Crippen LogP contribution in [0.5, 0.6) is 11.5 Å². The molecule has 0 aromatic heterocycles. The quantitative estimate of drug-likeness (QED) is 0.286. The number of benzene rings is 2. The summed E-state index contributed by atoms with van der Waals surface area (Å²) in [7, 11) is -1.89. The zero-order valence-corrected chi connectivity index (χ0v) is 21.9. The first-order valence-electron chi connectivity index (χ1n) is 10.3. The van der Waals surface area contributed by atoms with Gasteiger partial charge >= 0.3 is 0 Å². The minimum absolute atomic E-state index is 0. The first kappa shape index (κ1) is 26.2. The fourth-order valence-corrected chi connectivity index (χ4v) is 4.33. The SMILES string of the molecule is CCNC(=NCc1ccc2c(c1)OCO2)NCc1ccc(S(=O)(=O)N(C)C(C)C)cc1.I. The maximum atomic E-state index is 12.6. The molecule has 1 aliphatic heterocycles. The molecule has 0 spiro atoms. The van der Waals surface area contributed by atoms with E-state index in [-0.39, 0.29) is 41.7 Å². The number of halogens is 1. The Balaban J connectivity index is 0.00000363. The standard InChI is InChI=1S/C22H30N4O4S.HI/c1-5-23-22(25-14-18-8-11-20-21(12-18)30-15-29-20)24-13-17-6-9-19(10-7-17)31(27,28)26(4)16(2)3;/h6-12,16H,5,13-15H2,1-4H3,(H2,23,24,25);1H. The molecule has 2 N–H and O–H groups in total. The van der Waals surface area contributed by atoms with Gasteiger partial charge in [0.15, 0.2) is 17.5 Å². The molecule has 32 heavy (non-hydrogen) atoms. The van der Waals surface area contributed by atoms with E-state index < -0.39 is 10.0 Å². The Bertz CT molecular complexity index is 1030. The van der Waals surface area contributed by atoms with Crippen LogP contribution in [0.3, 0.4) is 0 Å². The summed E-state index contributed by atoms with van der Waals surface area (Å²) in [6, 6.07) is 12.6. The van der Waals surface area contributed by atoms with Gasteiger partial charge in [0.1, 0.15) is 0 Å². The summed E-state index contributed by atoms with van der Waals surface area (Å²) in [6.07, 6.45) is 0. The summed E-state index contributed by atoms with van der Waals surface area (Å²) < 4.78 is 37.3. The second-order valence-corrected chi connectivity index (χ2v) is 9.49. The predicted molar refractivity (Wildman–Crippen MR) is 136 cm³/mol. The summed E-state index contributed by atoms with van der Waals surface area (Å²) in [6.45, 7) is 7.69. The van der Waals surface area contributed by atoms with Crippen LogP contribution in [-0.2, 0) is 23.1 Å². The van der Waals surface area contributed by atoms with Gasteiger partial charge < -0.3 is 20.1 Å². The molecule has 176 valence electrons. The van der Waals surface area contributed by atoms with Gasteiger partial charge in [0.25, 0.3) is 0 Å². The van der Waals surface area contributed by atoms with Gasteiger partial charge in [-0.25, -0.2) is 13.4 Å². The van der Waals surface area contributed by atoms with Crippen LogP contribution in [0.25, 0.3) is 0 Å². The number of rotatable bonds is 8. The molecule has 0 atom stereocenters. The predicted octanol–water partition coefficient (Wildman–Crippen LogP) is 3.32. The lowest BCUT2D eigenvalue weighted by atomic mass is 10.2. The lowest BCUT2D eigenvalue weighted by molar-refractivity contribution is 0.174. The van der Waals surface area contributed by atoms with E-state index in [1.807, 2.05) is 51.1 Å². The summed E-state index contributed by atoms with van der Waals surface area (Å²) in [5, 5.41) is 6.50. The third-order valence-corrected chi connectivity index (χ3v) is 7.04. The number of hydrogen-bond acceptors (Lipinski definition) is 5. The lowest BCUT2D eigenvalue weighted by Crippen LogP contribution is -2.36. The number of aliphatic imine (C=N–C) groups is 1. The molecule has 0 fully saturated rings. The molecule has 2 aromatic rings. The van der Waals surface area contributed by atoms with Gasteiger partial charge in [-0.05, 0) is 56.2 Å². The van der Waals surface area contributed by atoms with E-state index in [2.05, 4.69) is 15.6 Å². The van der Waals surface area contributed by atoms with E-state index in [0.29, 0.717) is 19.0 Å². The van der Waals surface area contributed by atoms with Crippen molar-refractivity contribution in [1.82, 2.24) is 14.9 Å². The van der Waals surface area contributed by atoms with Gasteiger partial charge in [-0.2, -0.15) is 4.31 Å². The van der Waals surface area contributed by atoms with Crippen molar-refractivity contribution in [3.05, 3.63) is 53.6 Å². The van der Waals surface area contributed by atoms with E-state index in [1.165, 1.54) is 4.31 Å². The van der Waals surface area contributed by atoms with E-state index in [1.54, 1.807) is 19.2 Å². The maximum Gasteiger partial charge on any atom is 0.243 e. The number of nitrogens with zero attached hydrogens (tertiary/aromatic N) is 2. The maximum absolute atomic E-state index is 12.6. The molecule has 2 aromatic carbocycles. The smallest absolute Gasteiger partial charge is 0.243 e. The molecule has 0 saturated carbocycles. The van der Waals surface area contributed by atoms with Crippen molar-refractivity contribution >= 4 is 40.0 Å². The molecule has 0 saturated heterocycles. The molecule has 0 radical (unpaired) electrons. The van der Waals surface area contributed by atoms with E-state index >= 15 is 0 Å². The van der Waals surface area contributed by atoms with Crippen LogP contribution in [0.15, 0.2) is 52.4 Å². The van der Waals surface area contributed by atoms with E-state index in [4.69, 9.17) is 9.47 Å². The van der Waals surface area contributed by atoms with Gasteiger partial charge in [0, 0.05) is 26.2 Å². The van der Waals surface area contributed by atoms with Crippen LogP contribution in [0.4, 0.5) is 0 Å². The average Bonchev–Trinajstić information content (AvgIpc) is 3.23. The fourth-order valence-electron chi connectivity index (χ4n) is 2.96. The van der Waals surface area contributed by atoms with Crippen LogP contribution in [0.2, 0.25) is 0 Å². The normalized spacial score (nSPS) is 13.2. The van der Waals surface area contributed by atoms with Gasteiger partial charge in [0.2, 0.25) is 16.8 Å². The van der Waals surface area contributed by atoms with Crippen molar-refractivity contribution in [2.75, 3.05) is 20.4 Å². The molecule has 0 unspecified atom stereocenters. The van der Waals surface area contributed by atoms with Crippen molar-refractivity contribution in [2.45, 2.75) is 44.8 Å². The number of ether oxygens (including phenoxy) is 2. The Kier molecular flexibility index (Phi) is 9.59. The van der Waals surface area contributed by atoms with Crippen molar-refractivity contribution in [2.24, 2.45) is 4.99 Å². The zero-order chi connectivity index (χ0) is 22.4. The Labute approximate surface area is 207 Å². The summed E-state index contributed by atoms with van der Waals surface area (Å²) in [5.41, 5.74) is 1.98. The van der Waals surface area contributed by atoms with Gasteiger partial charge in [-0.3, -0.25) is 0 Å². The highest BCUT2D eigenvalue weighted by molar-refractivity contribution is 14.0. The van der Waals surface area contributed by atoms with E-state index in [9.17, 15) is 8.42 Å². The molecule has 0 amide bonds. The van der Waals surface area contributed by atoms with Crippen molar-refractivity contribution < 1.29 is 17.9 Å². The topological polar surface area (TPSA) is 92.3 Å². The molecule has 0 aliphatic carbocycles. The Morgan fingerprint density at radius 1 is 1.06 bits per heavy atom. The monoisotopic (exact) mass is 574 g/mol. The first-order valence-corrected chi connectivity index (χ1v) is 11.7. The summed E-state index contributed by atoms with van der Waals surface area (Å²) >= 11 is 0. The zero-order valence-electron chi connectivity index (χ0n) is 18.8. The Hall–Kier alpha value is -2.05. The summed E-state index contributed by atoms with van der Waals surface area (Å²) in [5.74, 6) is 2.17. The number of guanidine groups is 1. The third-order valence-electron chi connectivity index (χ3n) is 4.99. The van der Waals surface area contributed by atoms with Gasteiger partial charge in [-0.15, -0.1) is 24.0 Å². The number of hydrogen-bond donors (Lipinski definition) is 2. The van der Waals surface area contributed by atoms with E-state index in [0.717, 1.165) is 29.2 Å². The lowest BCUT2D eigenvalue weighted by Gasteiger charge is -2.21. The fraction of sp³-hybridized carbons (Fsp3) is 0.409. The van der Waals surface area contributed by atoms with Crippen molar-refractivity contribution in [3.8, 4) is 11.5 Å². The Morgan fingerprint density at radius 3 is 2.38 bits per heavy atom. The molecule has 1 aliphatic rings. The second kappa shape index (κ2) is 11.7. The summed E-state index contributed by atoms with van der Waals surface area (Å²) in [4.78, 5) is 4.91. The molecule has 1 heterocycles. The highest BCUT2D eigenvalue weighted by Crippen LogP contribution is 2.32. The average molecular weight is 574 g/mol. The van der Waals surface area contributed by atoms with Crippen LogP contribution >= 0.6 is 24.0 Å². The van der Waals surface area contributed by atoms with Crippen LogP contribution in [0, 0.1) is 0 Å². The molecule has 10 heteroatoms. The van der Waals surface area contributed by atoms with Crippen LogP contribution < -0.4 is 20.1 Å². The highest BCUT2D eigenvalue weighted by atomic mass is 127. The molecular weight excluding hydrogens is 543 g/mol. The number of sulfonamides is 1. The minimum atomic E-state index is -3.48. The second-order valence-electron chi connectivity index (χ2n) is 7.50. The number of nitrogens with one attached hydrogen (secondary N) is 2. The molecular formula is C22H31IN4O4S. The molecule has 8 nitrogen and oxygen atoms in total. The van der Waals surface area contributed by atoms with Crippen molar-refractivity contribution in [3.63, 3.8) is 0 Å². The van der Waals surface area contributed by atoms with Crippen LogP contribution in [0.1, 0.15) is 31.9 Å². The Morgan fingerprint density at radius 2 is 1.72 bits per heavy atom. The van der Waals surface area contributed by atoms with Gasteiger partial charge in [-0.1, -0.05) is 18.2 Å². The third kappa shape index (κ3) is 6.48. The van der Waals surface area contributed by atoms with Crippen molar-refractivity contribution in [1.29, 1.82) is 0 Å². The minimum Gasteiger partial charge on any atom is -0.454 e. The van der Waals surface area contributed by atoms with Gasteiger partial charge in [0.05, 0.1) is 11.4 Å².